The number of Topliss-reactive ketones (excluding diaryl/α,β-unsaturated/α-hetero) is 1. The Morgan fingerprint density at radius 3 is 2.53 bits per heavy atom. The zero-order chi connectivity index (χ0) is 22.3. The molecule has 0 saturated heterocycles. The number of benzene rings is 3. The van der Waals surface area contributed by atoms with Gasteiger partial charge in [0.05, 0.1) is 31.2 Å². The third-order valence-corrected chi connectivity index (χ3v) is 5.23. The van der Waals surface area contributed by atoms with Crippen LogP contribution in [0.4, 0.5) is 0 Å². The van der Waals surface area contributed by atoms with Crippen molar-refractivity contribution in [3.8, 4) is 5.75 Å². The van der Waals surface area contributed by atoms with Gasteiger partial charge in [-0.1, -0.05) is 54.6 Å². The van der Waals surface area contributed by atoms with Gasteiger partial charge in [0, 0.05) is 6.42 Å². The predicted octanol–water partition coefficient (Wildman–Crippen LogP) is 4.46. The molecule has 4 aromatic rings. The zero-order valence-electron chi connectivity index (χ0n) is 17.8. The van der Waals surface area contributed by atoms with Gasteiger partial charge in [-0.3, -0.25) is 9.59 Å². The van der Waals surface area contributed by atoms with E-state index in [0.717, 1.165) is 22.4 Å². The highest BCUT2D eigenvalue weighted by Crippen LogP contribution is 2.17. The van der Waals surface area contributed by atoms with Crippen molar-refractivity contribution in [1.29, 1.82) is 0 Å². The number of hydrogen-bond donors (Lipinski definition) is 1. The summed E-state index contributed by atoms with van der Waals surface area (Å²) in [6, 6.07) is 22.8. The van der Waals surface area contributed by atoms with Crippen molar-refractivity contribution in [1.82, 2.24) is 9.97 Å². The van der Waals surface area contributed by atoms with E-state index in [1.165, 1.54) is 0 Å². The Kier molecular flexibility index (Phi) is 6.72. The SMILES string of the molecule is COc1cccc(CCC(=O)c2nc3cccc(COCc4ccccc4)c3c(=O)[nH]2)c1. The maximum Gasteiger partial charge on any atom is 0.259 e. The zero-order valence-corrected chi connectivity index (χ0v) is 17.8. The van der Waals surface area contributed by atoms with Crippen LogP contribution in [0.1, 0.15) is 33.7 Å². The van der Waals surface area contributed by atoms with E-state index in [1.807, 2.05) is 66.7 Å². The predicted molar refractivity (Wildman–Crippen MR) is 123 cm³/mol. The molecule has 0 aliphatic carbocycles. The van der Waals surface area contributed by atoms with Crippen LogP contribution >= 0.6 is 0 Å². The van der Waals surface area contributed by atoms with E-state index in [-0.39, 0.29) is 30.2 Å². The van der Waals surface area contributed by atoms with E-state index in [1.54, 1.807) is 13.2 Å². The van der Waals surface area contributed by atoms with Crippen LogP contribution in [-0.2, 0) is 24.4 Å². The van der Waals surface area contributed by atoms with E-state index < -0.39 is 0 Å². The van der Waals surface area contributed by atoms with Crippen molar-refractivity contribution in [3.05, 3.63) is 106 Å². The molecule has 6 nitrogen and oxygen atoms in total. The van der Waals surface area contributed by atoms with Crippen LogP contribution in [0.15, 0.2) is 77.6 Å². The number of carbonyl (C=O) groups excluding carboxylic acids is 1. The third-order valence-electron chi connectivity index (χ3n) is 5.23. The molecule has 0 unspecified atom stereocenters. The highest BCUT2D eigenvalue weighted by Gasteiger charge is 2.14. The maximum atomic E-state index is 12.8. The highest BCUT2D eigenvalue weighted by atomic mass is 16.5. The number of aryl methyl sites for hydroxylation is 1. The lowest BCUT2D eigenvalue weighted by molar-refractivity contribution is 0.0973. The van der Waals surface area contributed by atoms with Crippen LogP contribution < -0.4 is 10.3 Å². The van der Waals surface area contributed by atoms with E-state index >= 15 is 0 Å². The summed E-state index contributed by atoms with van der Waals surface area (Å²) in [6.07, 6.45) is 0.770. The number of aromatic amines is 1. The molecule has 162 valence electrons. The van der Waals surface area contributed by atoms with Gasteiger partial charge in [-0.2, -0.15) is 0 Å². The fraction of sp³-hybridized carbons (Fsp3) is 0.192. The Balaban J connectivity index is 1.48. The second-order valence-electron chi connectivity index (χ2n) is 7.48. The molecule has 3 aromatic carbocycles. The second kappa shape index (κ2) is 10.0. The number of nitrogens with zero attached hydrogens (tertiary/aromatic N) is 1. The Morgan fingerprint density at radius 2 is 1.72 bits per heavy atom. The molecule has 0 bridgehead atoms. The largest absolute Gasteiger partial charge is 0.497 e. The number of hydrogen-bond acceptors (Lipinski definition) is 5. The van der Waals surface area contributed by atoms with Crippen LogP contribution in [0.5, 0.6) is 5.75 Å². The molecule has 1 aromatic heterocycles. The van der Waals surface area contributed by atoms with Crippen LogP contribution in [0.3, 0.4) is 0 Å². The molecule has 0 spiro atoms. The summed E-state index contributed by atoms with van der Waals surface area (Å²) in [7, 11) is 1.61. The average molecular weight is 428 g/mol. The van der Waals surface area contributed by atoms with E-state index in [9.17, 15) is 9.59 Å². The molecule has 0 aliphatic rings. The lowest BCUT2D eigenvalue weighted by Crippen LogP contribution is -2.17. The van der Waals surface area contributed by atoms with E-state index in [2.05, 4.69) is 9.97 Å². The van der Waals surface area contributed by atoms with Crippen LogP contribution in [-0.4, -0.2) is 22.9 Å². The van der Waals surface area contributed by atoms with Crippen molar-refractivity contribution in [3.63, 3.8) is 0 Å². The molecule has 0 amide bonds. The number of fused-ring (bicyclic) bond motifs is 1. The second-order valence-corrected chi connectivity index (χ2v) is 7.48. The number of aromatic nitrogens is 2. The van der Waals surface area contributed by atoms with Crippen LogP contribution in [0, 0.1) is 0 Å². The molecule has 1 N–H and O–H groups in total. The van der Waals surface area contributed by atoms with E-state index in [4.69, 9.17) is 9.47 Å². The smallest absolute Gasteiger partial charge is 0.259 e. The Morgan fingerprint density at radius 1 is 0.938 bits per heavy atom. The molecule has 0 atom stereocenters. The molecule has 4 rings (SSSR count). The Labute approximate surface area is 185 Å². The van der Waals surface area contributed by atoms with Crippen molar-refractivity contribution in [2.45, 2.75) is 26.1 Å². The molecule has 6 heteroatoms. The Hall–Kier alpha value is -3.77. The topological polar surface area (TPSA) is 81.3 Å². The minimum atomic E-state index is -0.335. The summed E-state index contributed by atoms with van der Waals surface area (Å²) in [4.78, 5) is 32.6. The monoisotopic (exact) mass is 428 g/mol. The lowest BCUT2D eigenvalue weighted by Gasteiger charge is -2.09. The molecule has 0 aliphatic heterocycles. The Bertz CT molecular complexity index is 1280. The van der Waals surface area contributed by atoms with Crippen molar-refractivity contribution in [2.75, 3.05) is 7.11 Å². The first kappa shape index (κ1) is 21.5. The summed E-state index contributed by atoms with van der Waals surface area (Å²) < 4.78 is 11.0. The van der Waals surface area contributed by atoms with Crippen LogP contribution in [0.2, 0.25) is 0 Å². The quantitative estimate of drug-likeness (QED) is 0.398. The molecule has 0 saturated carbocycles. The average Bonchev–Trinajstić information content (AvgIpc) is 2.83. The first-order valence-electron chi connectivity index (χ1n) is 10.4. The van der Waals surface area contributed by atoms with E-state index in [0.29, 0.717) is 23.9 Å². The minimum absolute atomic E-state index is 0.0766. The number of methoxy groups -OCH3 is 1. The number of nitrogens with one attached hydrogen (secondary N) is 1. The minimum Gasteiger partial charge on any atom is -0.497 e. The standard InChI is InChI=1S/C26H24N2O4/c1-31-21-11-5-9-18(15-21)13-14-23(29)25-27-22-12-6-10-20(24(22)26(30)28-25)17-32-16-19-7-3-2-4-8-19/h2-12,15H,13-14,16-17H2,1H3,(H,27,28,30). The molecule has 0 radical (unpaired) electrons. The summed E-state index contributed by atoms with van der Waals surface area (Å²) in [5.74, 6) is 0.611. The van der Waals surface area contributed by atoms with Gasteiger partial charge in [-0.05, 0) is 41.3 Å². The summed E-state index contributed by atoms with van der Waals surface area (Å²) in [5.41, 5.74) is 2.93. The van der Waals surface area contributed by atoms with Crippen molar-refractivity contribution >= 4 is 16.7 Å². The molecular weight excluding hydrogens is 404 g/mol. The highest BCUT2D eigenvalue weighted by molar-refractivity contribution is 5.94. The van der Waals surface area contributed by atoms with Gasteiger partial charge in [0.25, 0.3) is 5.56 Å². The number of carbonyl (C=O) groups is 1. The summed E-state index contributed by atoms with van der Waals surface area (Å²) in [5, 5.41) is 0.449. The fourth-order valence-corrected chi connectivity index (χ4v) is 3.57. The number of H-pyrrole nitrogens is 1. The number of rotatable bonds is 9. The van der Waals surface area contributed by atoms with Crippen LogP contribution in [0.25, 0.3) is 10.9 Å². The lowest BCUT2D eigenvalue weighted by atomic mass is 10.1. The first-order valence-corrected chi connectivity index (χ1v) is 10.4. The summed E-state index contributed by atoms with van der Waals surface area (Å²) >= 11 is 0. The maximum absolute atomic E-state index is 12.8. The van der Waals surface area contributed by atoms with Gasteiger partial charge in [0.15, 0.2) is 11.6 Å². The van der Waals surface area contributed by atoms with Gasteiger partial charge in [-0.15, -0.1) is 0 Å². The van der Waals surface area contributed by atoms with Gasteiger partial charge >= 0.3 is 0 Å². The molecular formula is C26H24N2O4. The van der Waals surface area contributed by atoms with Gasteiger partial charge in [0.2, 0.25) is 0 Å². The molecule has 0 fully saturated rings. The van der Waals surface area contributed by atoms with Crippen molar-refractivity contribution < 1.29 is 14.3 Å². The van der Waals surface area contributed by atoms with Gasteiger partial charge < -0.3 is 14.5 Å². The van der Waals surface area contributed by atoms with Gasteiger partial charge in [-0.25, -0.2) is 4.98 Å². The number of ketones is 1. The third kappa shape index (κ3) is 5.10. The molecule has 32 heavy (non-hydrogen) atoms. The normalized spacial score (nSPS) is 10.9. The van der Waals surface area contributed by atoms with Gasteiger partial charge in [0.1, 0.15) is 5.75 Å². The first-order chi connectivity index (χ1) is 15.6. The molecule has 1 heterocycles. The van der Waals surface area contributed by atoms with Crippen molar-refractivity contribution in [2.24, 2.45) is 0 Å². The number of ether oxygens (including phenoxy) is 2. The fourth-order valence-electron chi connectivity index (χ4n) is 3.57. The summed E-state index contributed by atoms with van der Waals surface area (Å²) in [6.45, 7) is 0.726.